The average Bonchev–Trinajstić information content (AvgIpc) is 3.04. The van der Waals surface area contributed by atoms with Gasteiger partial charge in [0.25, 0.3) is 0 Å². The number of fused-ring (bicyclic) bond motifs is 1. The fraction of sp³-hybridized carbons (Fsp3) is 0.545. The molecule has 2 heterocycles. The molecule has 1 aromatic heterocycles. The van der Waals surface area contributed by atoms with Crippen LogP contribution in [0.2, 0.25) is 0 Å². The van der Waals surface area contributed by atoms with Gasteiger partial charge in [-0.2, -0.15) is 4.68 Å². The number of rotatable bonds is 6. The minimum atomic E-state index is 0.668. The fourth-order valence-corrected chi connectivity index (χ4v) is 5.31. The van der Waals surface area contributed by atoms with Gasteiger partial charge in [-0.25, -0.2) is 0 Å². The number of benzene rings is 1. The highest BCUT2D eigenvalue weighted by atomic mass is 32.1. The number of methoxy groups -OCH3 is 1. The second-order valence-electron chi connectivity index (χ2n) is 8.09. The van der Waals surface area contributed by atoms with Crippen molar-refractivity contribution in [2.75, 3.05) is 13.7 Å². The maximum Gasteiger partial charge on any atom is 0.203 e. The molecule has 1 saturated heterocycles. The van der Waals surface area contributed by atoms with Crippen molar-refractivity contribution in [1.29, 1.82) is 0 Å². The number of hydrogen-bond acceptors (Lipinski definition) is 3. The van der Waals surface area contributed by atoms with Gasteiger partial charge in [0.2, 0.25) is 4.77 Å². The van der Waals surface area contributed by atoms with E-state index >= 15 is 0 Å². The van der Waals surface area contributed by atoms with Crippen LogP contribution < -0.4 is 9.64 Å². The number of allylic oxidation sites excluding steroid dienone is 1. The lowest BCUT2D eigenvalue weighted by Gasteiger charge is -2.40. The Hall–Kier alpha value is -1.92. The van der Waals surface area contributed by atoms with Gasteiger partial charge in [0.1, 0.15) is 5.75 Å². The van der Waals surface area contributed by atoms with E-state index in [-0.39, 0.29) is 0 Å². The first-order valence-electron chi connectivity index (χ1n) is 10.5. The molecule has 5 nitrogen and oxygen atoms in total. The summed E-state index contributed by atoms with van der Waals surface area (Å²) in [6.07, 6.45) is 10.2. The molecular formula is C22H31N4OS+. The monoisotopic (exact) mass is 399 g/mol. The molecular weight excluding hydrogens is 368 g/mol. The van der Waals surface area contributed by atoms with Crippen LogP contribution >= 0.6 is 12.2 Å². The molecule has 1 N–H and O–H groups in total. The summed E-state index contributed by atoms with van der Waals surface area (Å²) in [5, 5.41) is 4.95. The molecule has 2 fully saturated rings. The van der Waals surface area contributed by atoms with Crippen LogP contribution in [0.25, 0.3) is 11.4 Å². The minimum Gasteiger partial charge on any atom is -0.497 e. The number of ether oxygens (including phenoxy) is 1. The van der Waals surface area contributed by atoms with E-state index in [2.05, 4.69) is 11.1 Å². The fourth-order valence-electron chi connectivity index (χ4n) is 5.05. The molecule has 1 saturated carbocycles. The number of hydrogen-bond donors (Lipinski definition) is 1. The molecule has 1 aliphatic carbocycles. The Labute approximate surface area is 172 Å². The van der Waals surface area contributed by atoms with Gasteiger partial charge in [0, 0.05) is 18.0 Å². The number of aromatic nitrogens is 3. The highest BCUT2D eigenvalue weighted by Gasteiger charge is 2.36. The summed E-state index contributed by atoms with van der Waals surface area (Å²) in [6.45, 7) is 6.68. The van der Waals surface area contributed by atoms with E-state index in [4.69, 9.17) is 22.1 Å². The molecule has 28 heavy (non-hydrogen) atoms. The molecule has 6 heteroatoms. The van der Waals surface area contributed by atoms with Gasteiger partial charge in [-0.1, -0.05) is 12.5 Å². The predicted octanol–water partition coefficient (Wildman–Crippen LogP) is 3.47. The van der Waals surface area contributed by atoms with Crippen LogP contribution in [0.3, 0.4) is 0 Å². The SMILES string of the molecule is C=CCn1c(-c2ccc(OC)cc2)nn(C[NH+]2CCC[C@@H]3CCCC[C@@H]32)c1=S. The van der Waals surface area contributed by atoms with E-state index in [9.17, 15) is 0 Å². The standard InChI is InChI=1S/C22H30N4OS/c1-3-14-25-21(18-10-12-19(27-2)13-11-18)23-26(22(25)28)16-24-15-6-8-17-7-4-5-9-20(17)24/h3,10-13,17,20H,1,4-9,14-16H2,2H3/p+1/t17-,20-/m0/s1. The molecule has 1 aliphatic heterocycles. The minimum absolute atomic E-state index is 0.668. The molecule has 4 rings (SSSR count). The Bertz CT molecular complexity index is 868. The Balaban J connectivity index is 1.63. The average molecular weight is 400 g/mol. The van der Waals surface area contributed by atoms with Crippen LogP contribution in [-0.2, 0) is 13.2 Å². The first-order chi connectivity index (χ1) is 13.7. The maximum absolute atomic E-state index is 5.82. The zero-order valence-electron chi connectivity index (χ0n) is 16.8. The zero-order valence-corrected chi connectivity index (χ0v) is 17.6. The molecule has 150 valence electrons. The molecule has 2 aliphatic rings. The quantitative estimate of drug-likeness (QED) is 0.597. The highest BCUT2D eigenvalue weighted by Crippen LogP contribution is 2.28. The summed E-state index contributed by atoms with van der Waals surface area (Å²) >= 11 is 5.82. The van der Waals surface area contributed by atoms with Crippen LogP contribution in [-0.4, -0.2) is 34.0 Å². The molecule has 0 bridgehead atoms. The van der Waals surface area contributed by atoms with Gasteiger partial charge in [0.05, 0.1) is 19.7 Å². The molecule has 0 amide bonds. The topological polar surface area (TPSA) is 36.4 Å². The van der Waals surface area contributed by atoms with Crippen molar-refractivity contribution in [2.24, 2.45) is 5.92 Å². The molecule has 1 aromatic carbocycles. The smallest absolute Gasteiger partial charge is 0.203 e. The van der Waals surface area contributed by atoms with Crippen molar-refractivity contribution in [3.63, 3.8) is 0 Å². The van der Waals surface area contributed by atoms with Gasteiger partial charge in [-0.05, 0) is 68.6 Å². The lowest BCUT2D eigenvalue weighted by molar-refractivity contribution is -0.958. The Kier molecular flexibility index (Phi) is 5.97. The van der Waals surface area contributed by atoms with Gasteiger partial charge < -0.3 is 9.64 Å². The van der Waals surface area contributed by atoms with Crippen LogP contribution in [0.15, 0.2) is 36.9 Å². The maximum atomic E-state index is 5.82. The van der Waals surface area contributed by atoms with E-state index in [1.165, 1.54) is 45.1 Å². The first kappa shape index (κ1) is 19.4. The van der Waals surface area contributed by atoms with Crippen LogP contribution in [0.4, 0.5) is 0 Å². The second kappa shape index (κ2) is 8.62. The number of quaternary nitrogens is 1. The number of piperidine rings is 1. The predicted molar refractivity (Wildman–Crippen MR) is 114 cm³/mol. The van der Waals surface area contributed by atoms with Crippen molar-refractivity contribution in [2.45, 2.75) is 57.8 Å². The molecule has 3 atom stereocenters. The van der Waals surface area contributed by atoms with Gasteiger partial charge >= 0.3 is 0 Å². The van der Waals surface area contributed by atoms with Crippen LogP contribution in [0.1, 0.15) is 38.5 Å². The molecule has 0 radical (unpaired) electrons. The van der Waals surface area contributed by atoms with Crippen molar-refractivity contribution in [3.05, 3.63) is 41.7 Å². The van der Waals surface area contributed by atoms with E-state index in [0.29, 0.717) is 6.54 Å². The van der Waals surface area contributed by atoms with Gasteiger partial charge in [-0.15, -0.1) is 11.7 Å². The van der Waals surface area contributed by atoms with E-state index in [0.717, 1.165) is 40.5 Å². The molecule has 0 spiro atoms. The summed E-state index contributed by atoms with van der Waals surface area (Å²) in [5.74, 6) is 2.64. The van der Waals surface area contributed by atoms with Crippen LogP contribution in [0, 0.1) is 10.7 Å². The summed E-state index contributed by atoms with van der Waals surface area (Å²) in [7, 11) is 1.68. The Morgan fingerprint density at radius 1 is 1.21 bits per heavy atom. The largest absolute Gasteiger partial charge is 0.497 e. The summed E-state index contributed by atoms with van der Waals surface area (Å²) < 4.78 is 10.2. The summed E-state index contributed by atoms with van der Waals surface area (Å²) in [5.41, 5.74) is 1.05. The van der Waals surface area contributed by atoms with Crippen LogP contribution in [0.5, 0.6) is 5.75 Å². The van der Waals surface area contributed by atoms with E-state index < -0.39 is 0 Å². The third-order valence-corrected chi connectivity index (χ3v) is 6.87. The van der Waals surface area contributed by atoms with Crippen molar-refractivity contribution in [3.8, 4) is 17.1 Å². The second-order valence-corrected chi connectivity index (χ2v) is 8.46. The number of nitrogens with zero attached hydrogens (tertiary/aromatic N) is 3. The third kappa shape index (κ3) is 3.80. The van der Waals surface area contributed by atoms with Crippen molar-refractivity contribution in [1.82, 2.24) is 14.3 Å². The van der Waals surface area contributed by atoms with Gasteiger partial charge in [-0.3, -0.25) is 4.57 Å². The zero-order chi connectivity index (χ0) is 19.5. The first-order valence-corrected chi connectivity index (χ1v) is 10.9. The normalized spacial score (nSPS) is 24.5. The van der Waals surface area contributed by atoms with Crippen molar-refractivity contribution >= 4 is 12.2 Å². The van der Waals surface area contributed by atoms with E-state index in [1.54, 1.807) is 12.0 Å². The van der Waals surface area contributed by atoms with Gasteiger partial charge in [0.15, 0.2) is 12.5 Å². The lowest BCUT2D eigenvalue weighted by Crippen LogP contribution is -3.17. The summed E-state index contributed by atoms with van der Waals surface area (Å²) in [6, 6.07) is 8.81. The third-order valence-electron chi connectivity index (χ3n) is 6.44. The molecule has 1 unspecified atom stereocenters. The van der Waals surface area contributed by atoms with E-state index in [1.807, 2.05) is 35.0 Å². The van der Waals surface area contributed by atoms with Crippen molar-refractivity contribution < 1.29 is 9.64 Å². The number of nitrogens with one attached hydrogen (secondary N) is 1. The number of likely N-dealkylation sites (tertiary alicyclic amines) is 1. The Morgan fingerprint density at radius 3 is 2.71 bits per heavy atom. The lowest BCUT2D eigenvalue weighted by atomic mass is 9.78. The Morgan fingerprint density at radius 2 is 1.96 bits per heavy atom. The highest BCUT2D eigenvalue weighted by molar-refractivity contribution is 7.71. The summed E-state index contributed by atoms with van der Waals surface area (Å²) in [4.78, 5) is 1.66. The molecule has 2 aromatic rings.